The number of rotatable bonds is 7. The van der Waals surface area contributed by atoms with Gasteiger partial charge in [0.2, 0.25) is 10.0 Å². The molecule has 0 saturated carbocycles. The standard InChI is InChI=1S/C22H25ClN2O5S/c1-24(15-17-8-4-2-5-9-17)21(26)16-30-22(27)18-10-11-19(23)20(14-18)31(28,29)25-12-6-3-7-13-25/h2,4-5,8-11,14H,3,6-7,12-13,15-16H2,1H3. The molecule has 2 aromatic rings. The summed E-state index contributed by atoms with van der Waals surface area (Å²) >= 11 is 6.13. The first-order chi connectivity index (χ1) is 14.8. The fourth-order valence-corrected chi connectivity index (χ4v) is 5.36. The normalized spacial score (nSPS) is 14.8. The Morgan fingerprint density at radius 1 is 1.06 bits per heavy atom. The predicted octanol–water partition coefficient (Wildman–Crippen LogP) is 3.33. The fraction of sp³-hybridized carbons (Fsp3) is 0.364. The van der Waals surface area contributed by atoms with E-state index in [-0.39, 0.29) is 21.4 Å². The number of esters is 1. The summed E-state index contributed by atoms with van der Waals surface area (Å²) in [5.74, 6) is -1.15. The maximum absolute atomic E-state index is 12.9. The van der Waals surface area contributed by atoms with Gasteiger partial charge >= 0.3 is 5.97 Å². The van der Waals surface area contributed by atoms with Crippen molar-refractivity contribution in [2.45, 2.75) is 30.7 Å². The second kappa shape index (κ2) is 10.3. The molecule has 0 radical (unpaired) electrons. The lowest BCUT2D eigenvalue weighted by atomic mass is 10.2. The van der Waals surface area contributed by atoms with E-state index in [0.717, 1.165) is 24.8 Å². The Balaban J connectivity index is 1.65. The number of nitrogens with zero attached hydrogens (tertiary/aromatic N) is 2. The van der Waals surface area contributed by atoms with E-state index in [4.69, 9.17) is 16.3 Å². The molecule has 31 heavy (non-hydrogen) atoms. The minimum absolute atomic E-state index is 0.0264. The summed E-state index contributed by atoms with van der Waals surface area (Å²) in [7, 11) is -2.19. The molecule has 7 nitrogen and oxygen atoms in total. The maximum atomic E-state index is 12.9. The number of benzene rings is 2. The summed E-state index contributed by atoms with van der Waals surface area (Å²) in [6, 6.07) is 13.4. The molecule has 166 valence electrons. The van der Waals surface area contributed by atoms with Crippen LogP contribution in [0.1, 0.15) is 35.2 Å². The Morgan fingerprint density at radius 2 is 1.74 bits per heavy atom. The van der Waals surface area contributed by atoms with Crippen molar-refractivity contribution >= 4 is 33.5 Å². The molecule has 2 aromatic carbocycles. The number of piperidine rings is 1. The Labute approximate surface area is 187 Å². The van der Waals surface area contributed by atoms with Crippen LogP contribution in [0.25, 0.3) is 0 Å². The number of amides is 1. The number of hydrogen-bond acceptors (Lipinski definition) is 5. The first kappa shape index (κ1) is 23.2. The lowest BCUT2D eigenvalue weighted by molar-refractivity contribution is -0.133. The Morgan fingerprint density at radius 3 is 2.42 bits per heavy atom. The SMILES string of the molecule is CN(Cc1ccccc1)C(=O)COC(=O)c1ccc(Cl)c(S(=O)(=O)N2CCCCC2)c1. The zero-order valence-electron chi connectivity index (χ0n) is 17.3. The first-order valence-electron chi connectivity index (χ1n) is 10.0. The summed E-state index contributed by atoms with van der Waals surface area (Å²) in [5, 5.41) is 0.0424. The van der Waals surface area contributed by atoms with E-state index < -0.39 is 22.6 Å². The number of carbonyl (C=O) groups excluding carboxylic acids is 2. The number of likely N-dealkylation sites (N-methyl/N-ethyl adjacent to an activating group) is 1. The third kappa shape index (κ3) is 5.84. The van der Waals surface area contributed by atoms with Crippen LogP contribution in [0.5, 0.6) is 0 Å². The average molecular weight is 465 g/mol. The van der Waals surface area contributed by atoms with Gasteiger partial charge in [-0.05, 0) is 36.6 Å². The van der Waals surface area contributed by atoms with Gasteiger partial charge in [-0.3, -0.25) is 4.79 Å². The van der Waals surface area contributed by atoms with Crippen LogP contribution in [0.3, 0.4) is 0 Å². The number of halogens is 1. The molecular weight excluding hydrogens is 440 g/mol. The average Bonchev–Trinajstić information content (AvgIpc) is 2.78. The molecule has 3 rings (SSSR count). The van der Waals surface area contributed by atoms with Gasteiger partial charge in [0.05, 0.1) is 10.6 Å². The van der Waals surface area contributed by atoms with E-state index in [1.54, 1.807) is 7.05 Å². The van der Waals surface area contributed by atoms with E-state index in [9.17, 15) is 18.0 Å². The van der Waals surface area contributed by atoms with Crippen molar-refractivity contribution in [2.75, 3.05) is 26.7 Å². The van der Waals surface area contributed by atoms with Gasteiger partial charge in [0.15, 0.2) is 6.61 Å². The van der Waals surface area contributed by atoms with Gasteiger partial charge in [-0.2, -0.15) is 4.31 Å². The van der Waals surface area contributed by atoms with Gasteiger partial charge in [-0.15, -0.1) is 0 Å². The second-order valence-electron chi connectivity index (χ2n) is 7.42. The number of sulfonamides is 1. The molecule has 1 heterocycles. The van der Waals surface area contributed by atoms with Crippen molar-refractivity contribution in [3.05, 3.63) is 64.7 Å². The smallest absolute Gasteiger partial charge is 0.338 e. The Kier molecular flexibility index (Phi) is 7.69. The van der Waals surface area contributed by atoms with E-state index in [1.165, 1.54) is 27.4 Å². The van der Waals surface area contributed by atoms with Crippen LogP contribution in [-0.4, -0.2) is 56.2 Å². The van der Waals surface area contributed by atoms with E-state index in [2.05, 4.69) is 0 Å². The highest BCUT2D eigenvalue weighted by molar-refractivity contribution is 7.89. The van der Waals surface area contributed by atoms with Crippen molar-refractivity contribution in [1.82, 2.24) is 9.21 Å². The molecule has 0 unspecified atom stereocenters. The van der Waals surface area contributed by atoms with Gasteiger partial charge in [-0.1, -0.05) is 48.4 Å². The van der Waals surface area contributed by atoms with Crippen LogP contribution < -0.4 is 0 Å². The highest BCUT2D eigenvalue weighted by Crippen LogP contribution is 2.28. The van der Waals surface area contributed by atoms with Gasteiger partial charge in [0, 0.05) is 26.7 Å². The third-order valence-corrected chi connectivity index (χ3v) is 7.50. The van der Waals surface area contributed by atoms with Gasteiger partial charge in [0.1, 0.15) is 4.90 Å². The van der Waals surface area contributed by atoms with Crippen molar-refractivity contribution in [3.63, 3.8) is 0 Å². The van der Waals surface area contributed by atoms with Crippen molar-refractivity contribution in [2.24, 2.45) is 0 Å². The summed E-state index contributed by atoms with van der Waals surface area (Å²) in [6.45, 7) is 0.792. The Bertz CT molecular complexity index is 1040. The van der Waals surface area contributed by atoms with Crippen molar-refractivity contribution in [3.8, 4) is 0 Å². The van der Waals surface area contributed by atoms with Crippen molar-refractivity contribution < 1.29 is 22.7 Å². The number of ether oxygens (including phenoxy) is 1. The fourth-order valence-electron chi connectivity index (χ4n) is 3.34. The highest BCUT2D eigenvalue weighted by atomic mass is 35.5. The van der Waals surface area contributed by atoms with Gasteiger partial charge < -0.3 is 9.64 Å². The second-order valence-corrected chi connectivity index (χ2v) is 9.74. The lowest BCUT2D eigenvalue weighted by Crippen LogP contribution is -2.35. The lowest BCUT2D eigenvalue weighted by Gasteiger charge is -2.26. The van der Waals surface area contributed by atoms with Crippen LogP contribution in [0.15, 0.2) is 53.4 Å². The number of carbonyl (C=O) groups is 2. The van der Waals surface area contributed by atoms with Crippen LogP contribution in [0.2, 0.25) is 5.02 Å². The third-order valence-electron chi connectivity index (χ3n) is 5.11. The molecule has 9 heteroatoms. The molecule has 1 amide bonds. The van der Waals surface area contributed by atoms with E-state index in [1.807, 2.05) is 30.3 Å². The summed E-state index contributed by atoms with van der Waals surface area (Å²) in [5.41, 5.74) is 0.980. The Hall–Kier alpha value is -2.42. The molecule has 0 atom stereocenters. The zero-order valence-corrected chi connectivity index (χ0v) is 18.9. The molecule has 1 fully saturated rings. The topological polar surface area (TPSA) is 84.0 Å². The van der Waals surface area contributed by atoms with Crippen LogP contribution in [0, 0.1) is 0 Å². The first-order valence-corrected chi connectivity index (χ1v) is 11.9. The largest absolute Gasteiger partial charge is 0.452 e. The molecule has 1 aliphatic rings. The highest BCUT2D eigenvalue weighted by Gasteiger charge is 2.29. The minimum atomic E-state index is -3.81. The summed E-state index contributed by atoms with van der Waals surface area (Å²) < 4.78 is 32.4. The van der Waals surface area contributed by atoms with Crippen LogP contribution in [0.4, 0.5) is 0 Å². The molecule has 0 aromatic heterocycles. The molecule has 1 saturated heterocycles. The van der Waals surface area contributed by atoms with E-state index >= 15 is 0 Å². The monoisotopic (exact) mass is 464 g/mol. The van der Waals surface area contributed by atoms with Crippen molar-refractivity contribution in [1.29, 1.82) is 0 Å². The molecular formula is C22H25ClN2O5S. The molecule has 0 bridgehead atoms. The van der Waals surface area contributed by atoms with Gasteiger partial charge in [0.25, 0.3) is 5.91 Å². The minimum Gasteiger partial charge on any atom is -0.452 e. The predicted molar refractivity (Wildman–Crippen MR) is 117 cm³/mol. The van der Waals surface area contributed by atoms with Gasteiger partial charge in [-0.25, -0.2) is 13.2 Å². The van der Waals surface area contributed by atoms with Crippen LogP contribution >= 0.6 is 11.6 Å². The van der Waals surface area contributed by atoms with E-state index in [0.29, 0.717) is 19.6 Å². The molecule has 0 N–H and O–H groups in total. The zero-order chi connectivity index (χ0) is 22.4. The summed E-state index contributed by atoms with van der Waals surface area (Å²) in [6.07, 6.45) is 2.56. The van der Waals surface area contributed by atoms with Crippen LogP contribution in [-0.2, 0) is 26.1 Å². The maximum Gasteiger partial charge on any atom is 0.338 e. The quantitative estimate of drug-likeness (QED) is 0.587. The molecule has 0 spiro atoms. The summed E-state index contributed by atoms with van der Waals surface area (Å²) in [4.78, 5) is 26.1. The molecule has 0 aliphatic carbocycles. The number of hydrogen-bond donors (Lipinski definition) is 0. The molecule has 1 aliphatic heterocycles.